The van der Waals surface area contributed by atoms with Gasteiger partial charge in [-0.1, -0.05) is 11.6 Å². The highest BCUT2D eigenvalue weighted by Gasteiger charge is 2.05. The Morgan fingerprint density at radius 2 is 2.40 bits per heavy atom. The third-order valence-corrected chi connectivity index (χ3v) is 1.46. The van der Waals surface area contributed by atoms with Gasteiger partial charge in [0, 0.05) is 7.05 Å². The summed E-state index contributed by atoms with van der Waals surface area (Å²) in [5.41, 5.74) is -0.928. The molecule has 0 unspecified atom stereocenters. The average Bonchev–Trinajstić information content (AvgIpc) is 1.93. The Morgan fingerprint density at radius 1 is 1.80 bits per heavy atom. The van der Waals surface area contributed by atoms with E-state index < -0.39 is 11.4 Å². The maximum absolute atomic E-state index is 12.5. The van der Waals surface area contributed by atoms with Gasteiger partial charge in [0.1, 0.15) is 0 Å². The Bertz CT molecular complexity index is 309. The van der Waals surface area contributed by atoms with E-state index in [2.05, 4.69) is 4.98 Å². The molecule has 1 heterocycles. The van der Waals surface area contributed by atoms with E-state index >= 15 is 0 Å². The molecule has 54 valence electrons. The summed E-state index contributed by atoms with van der Waals surface area (Å²) in [5, 5.41) is -0.222. The van der Waals surface area contributed by atoms with E-state index in [9.17, 15) is 9.18 Å². The van der Waals surface area contributed by atoms with Crippen molar-refractivity contribution in [1.82, 2.24) is 9.55 Å². The van der Waals surface area contributed by atoms with Gasteiger partial charge in [0.25, 0.3) is 0 Å². The van der Waals surface area contributed by atoms with E-state index in [0.29, 0.717) is 0 Å². The van der Waals surface area contributed by atoms with Crippen LogP contribution in [-0.4, -0.2) is 9.55 Å². The van der Waals surface area contributed by atoms with Crippen LogP contribution in [0.15, 0.2) is 11.1 Å². The molecule has 0 atom stereocenters. The third kappa shape index (κ3) is 1.02. The standard InChI is InChI=1S/C5H4ClFN2O/c1-9-2-8-5(10)3(7)4(9)6/h2H,1H3. The topological polar surface area (TPSA) is 34.9 Å². The molecule has 0 bridgehead atoms. The molecule has 1 aromatic heterocycles. The van der Waals surface area contributed by atoms with Crippen molar-refractivity contribution < 1.29 is 4.39 Å². The molecule has 0 N–H and O–H groups in total. The summed E-state index contributed by atoms with van der Waals surface area (Å²) in [6.07, 6.45) is 1.16. The fourth-order valence-electron chi connectivity index (χ4n) is 0.489. The maximum Gasteiger partial charge on any atom is 0.310 e. The van der Waals surface area contributed by atoms with Crippen LogP contribution in [0.3, 0.4) is 0 Å². The molecule has 0 radical (unpaired) electrons. The first-order chi connectivity index (χ1) is 4.63. The predicted molar refractivity (Wildman–Crippen MR) is 34.4 cm³/mol. The smallest absolute Gasteiger partial charge is 0.310 e. The molecule has 0 saturated carbocycles. The third-order valence-electron chi connectivity index (χ3n) is 1.03. The fourth-order valence-corrected chi connectivity index (χ4v) is 0.614. The Labute approximate surface area is 61.1 Å². The molecule has 0 aliphatic carbocycles. The highest BCUT2D eigenvalue weighted by atomic mass is 35.5. The van der Waals surface area contributed by atoms with Crippen LogP contribution >= 0.6 is 11.6 Å². The number of hydrogen-bond donors (Lipinski definition) is 0. The largest absolute Gasteiger partial charge is 0.323 e. The number of hydrogen-bond acceptors (Lipinski definition) is 2. The van der Waals surface area contributed by atoms with E-state index in [1.165, 1.54) is 11.6 Å². The number of aromatic nitrogens is 2. The lowest BCUT2D eigenvalue weighted by Gasteiger charge is -1.98. The van der Waals surface area contributed by atoms with Crippen LogP contribution in [0.2, 0.25) is 5.15 Å². The summed E-state index contributed by atoms with van der Waals surface area (Å²) in [5.74, 6) is -1.01. The van der Waals surface area contributed by atoms with Crippen molar-refractivity contribution in [2.45, 2.75) is 0 Å². The van der Waals surface area contributed by atoms with Gasteiger partial charge in [-0.3, -0.25) is 4.79 Å². The van der Waals surface area contributed by atoms with Gasteiger partial charge in [-0.25, -0.2) is 0 Å². The molecule has 10 heavy (non-hydrogen) atoms. The van der Waals surface area contributed by atoms with Crippen LogP contribution in [0.4, 0.5) is 4.39 Å². The number of aryl methyl sites for hydroxylation is 1. The van der Waals surface area contributed by atoms with Crippen LogP contribution < -0.4 is 5.56 Å². The van der Waals surface area contributed by atoms with Crippen LogP contribution in [0.25, 0.3) is 0 Å². The van der Waals surface area contributed by atoms with E-state index in [1.807, 2.05) is 0 Å². The molecule has 1 rings (SSSR count). The Hall–Kier alpha value is -0.900. The zero-order valence-electron chi connectivity index (χ0n) is 5.14. The predicted octanol–water partition coefficient (Wildman–Crippen LogP) is 0.573. The maximum atomic E-state index is 12.5. The van der Waals surface area contributed by atoms with Gasteiger partial charge in [0.2, 0.25) is 5.82 Å². The van der Waals surface area contributed by atoms with Crippen molar-refractivity contribution in [3.05, 3.63) is 27.7 Å². The van der Waals surface area contributed by atoms with Gasteiger partial charge in [-0.2, -0.15) is 9.37 Å². The van der Waals surface area contributed by atoms with E-state index in [1.54, 1.807) is 0 Å². The minimum Gasteiger partial charge on any atom is -0.323 e. The fraction of sp³-hybridized carbons (Fsp3) is 0.200. The second-order valence-corrected chi connectivity index (χ2v) is 2.12. The van der Waals surface area contributed by atoms with E-state index in [0.717, 1.165) is 6.33 Å². The summed E-state index contributed by atoms with van der Waals surface area (Å²) in [6, 6.07) is 0. The Kier molecular flexibility index (Phi) is 1.72. The van der Waals surface area contributed by atoms with Crippen molar-refractivity contribution >= 4 is 11.6 Å². The van der Waals surface area contributed by atoms with Gasteiger partial charge < -0.3 is 4.57 Å². The van der Waals surface area contributed by atoms with Gasteiger partial charge in [-0.15, -0.1) is 0 Å². The van der Waals surface area contributed by atoms with Gasteiger partial charge in [-0.05, 0) is 0 Å². The molecule has 0 aliphatic rings. The molecule has 0 saturated heterocycles. The Balaban J connectivity index is 3.49. The van der Waals surface area contributed by atoms with Crippen LogP contribution in [0.5, 0.6) is 0 Å². The molecule has 0 spiro atoms. The van der Waals surface area contributed by atoms with E-state index in [-0.39, 0.29) is 5.15 Å². The molecule has 0 fully saturated rings. The lowest BCUT2D eigenvalue weighted by molar-refractivity contribution is 0.585. The van der Waals surface area contributed by atoms with Crippen molar-refractivity contribution in [3.63, 3.8) is 0 Å². The molecule has 1 aromatic rings. The molecule has 3 nitrogen and oxygen atoms in total. The van der Waals surface area contributed by atoms with E-state index in [4.69, 9.17) is 11.6 Å². The minimum absolute atomic E-state index is 0.222. The summed E-state index contributed by atoms with van der Waals surface area (Å²) >= 11 is 5.33. The summed E-state index contributed by atoms with van der Waals surface area (Å²) in [4.78, 5) is 13.6. The first-order valence-corrected chi connectivity index (χ1v) is 2.87. The molecular weight excluding hydrogens is 159 g/mol. The zero-order chi connectivity index (χ0) is 7.72. The first-order valence-electron chi connectivity index (χ1n) is 2.49. The molecule has 0 aliphatic heterocycles. The quantitative estimate of drug-likeness (QED) is 0.523. The lowest BCUT2D eigenvalue weighted by atomic mass is 10.6. The normalized spacial score (nSPS) is 9.90. The monoisotopic (exact) mass is 162 g/mol. The van der Waals surface area contributed by atoms with Crippen LogP contribution in [0, 0.1) is 5.82 Å². The molecule has 0 amide bonds. The molecule has 0 aromatic carbocycles. The molecule has 5 heteroatoms. The highest BCUT2D eigenvalue weighted by molar-refractivity contribution is 6.29. The first kappa shape index (κ1) is 7.21. The zero-order valence-corrected chi connectivity index (χ0v) is 5.89. The van der Waals surface area contributed by atoms with Crippen molar-refractivity contribution in [2.75, 3.05) is 0 Å². The Morgan fingerprint density at radius 3 is 2.90 bits per heavy atom. The second kappa shape index (κ2) is 2.38. The lowest BCUT2D eigenvalue weighted by Crippen LogP contribution is -2.14. The van der Waals surface area contributed by atoms with Gasteiger partial charge >= 0.3 is 5.56 Å². The summed E-state index contributed by atoms with van der Waals surface area (Å²) in [6.45, 7) is 0. The average molecular weight is 163 g/mol. The van der Waals surface area contributed by atoms with Gasteiger partial charge in [0.15, 0.2) is 5.15 Å². The SMILES string of the molecule is Cn1cnc(=O)c(F)c1Cl. The number of nitrogens with zero attached hydrogens (tertiary/aromatic N) is 2. The highest BCUT2D eigenvalue weighted by Crippen LogP contribution is 2.05. The van der Waals surface area contributed by atoms with Crippen LogP contribution in [0.1, 0.15) is 0 Å². The number of rotatable bonds is 0. The summed E-state index contributed by atoms with van der Waals surface area (Å²) < 4.78 is 13.7. The minimum atomic E-state index is -1.01. The second-order valence-electron chi connectivity index (χ2n) is 1.77. The molecular formula is C5H4ClFN2O. The van der Waals surface area contributed by atoms with Crippen molar-refractivity contribution in [1.29, 1.82) is 0 Å². The van der Waals surface area contributed by atoms with Crippen molar-refractivity contribution in [2.24, 2.45) is 7.05 Å². The van der Waals surface area contributed by atoms with Gasteiger partial charge in [0.05, 0.1) is 6.33 Å². The van der Waals surface area contributed by atoms with Crippen molar-refractivity contribution in [3.8, 4) is 0 Å². The summed E-state index contributed by atoms with van der Waals surface area (Å²) in [7, 11) is 1.50. The van der Waals surface area contributed by atoms with Crippen LogP contribution in [-0.2, 0) is 7.05 Å². The number of halogens is 2.